The summed E-state index contributed by atoms with van der Waals surface area (Å²) < 4.78 is 0. The summed E-state index contributed by atoms with van der Waals surface area (Å²) in [5.74, 6) is -3.51. The molecule has 0 heterocycles. The SMILES string of the molecule is CC(NC(=O)C(N)CCCN=C(N)N)C(=O)NC(C)C(=O)NC(C(=O)O)C(C)O. The molecule has 0 aromatic heterocycles. The number of hydrogen-bond acceptors (Lipinski definition) is 7. The van der Waals surface area contributed by atoms with E-state index in [1.165, 1.54) is 20.8 Å². The number of aliphatic hydroxyl groups is 1. The Kier molecular flexibility index (Phi) is 11.2. The van der Waals surface area contributed by atoms with Crippen LogP contribution < -0.4 is 33.2 Å². The van der Waals surface area contributed by atoms with Gasteiger partial charge in [-0.2, -0.15) is 0 Å². The van der Waals surface area contributed by atoms with Crippen LogP contribution in [-0.4, -0.2) is 76.7 Å². The lowest BCUT2D eigenvalue weighted by molar-refractivity contribution is -0.145. The van der Waals surface area contributed by atoms with E-state index in [2.05, 4.69) is 20.9 Å². The molecule has 0 saturated carbocycles. The Morgan fingerprint density at radius 3 is 1.86 bits per heavy atom. The fourth-order valence-electron chi connectivity index (χ4n) is 2.11. The molecule has 166 valence electrons. The first kappa shape index (κ1) is 26.1. The third kappa shape index (κ3) is 10.3. The van der Waals surface area contributed by atoms with Gasteiger partial charge in [-0.15, -0.1) is 0 Å². The molecule has 0 rings (SSSR count). The zero-order chi connectivity index (χ0) is 22.7. The minimum absolute atomic E-state index is 0.0606. The molecule has 13 nitrogen and oxygen atoms in total. The van der Waals surface area contributed by atoms with Crippen molar-refractivity contribution in [1.82, 2.24) is 16.0 Å². The van der Waals surface area contributed by atoms with E-state index in [-0.39, 0.29) is 5.96 Å². The lowest BCUT2D eigenvalue weighted by Gasteiger charge is -2.22. The van der Waals surface area contributed by atoms with Crippen molar-refractivity contribution in [2.75, 3.05) is 6.54 Å². The second-order valence-corrected chi connectivity index (χ2v) is 6.58. The van der Waals surface area contributed by atoms with Crippen LogP contribution in [0.4, 0.5) is 0 Å². The first-order valence-electron chi connectivity index (χ1n) is 8.99. The number of amides is 3. The van der Waals surface area contributed by atoms with Crippen LogP contribution in [-0.2, 0) is 19.2 Å². The summed E-state index contributed by atoms with van der Waals surface area (Å²) >= 11 is 0. The van der Waals surface area contributed by atoms with E-state index in [9.17, 15) is 24.3 Å². The highest BCUT2D eigenvalue weighted by Crippen LogP contribution is 1.98. The van der Waals surface area contributed by atoms with Crippen LogP contribution >= 0.6 is 0 Å². The molecule has 11 N–H and O–H groups in total. The van der Waals surface area contributed by atoms with Crippen LogP contribution in [0.15, 0.2) is 4.99 Å². The number of guanidine groups is 1. The van der Waals surface area contributed by atoms with Crippen molar-refractivity contribution < 1.29 is 29.4 Å². The van der Waals surface area contributed by atoms with Crippen molar-refractivity contribution in [3.05, 3.63) is 0 Å². The van der Waals surface area contributed by atoms with Crippen LogP contribution in [0.25, 0.3) is 0 Å². The highest BCUT2D eigenvalue weighted by molar-refractivity contribution is 5.93. The maximum absolute atomic E-state index is 12.1. The molecule has 0 saturated heterocycles. The van der Waals surface area contributed by atoms with Gasteiger partial charge in [-0.1, -0.05) is 0 Å². The summed E-state index contributed by atoms with van der Waals surface area (Å²) in [7, 11) is 0. The number of hydrogen-bond donors (Lipinski definition) is 8. The number of carbonyl (C=O) groups excluding carboxylic acids is 3. The van der Waals surface area contributed by atoms with Gasteiger partial charge in [0, 0.05) is 6.54 Å². The van der Waals surface area contributed by atoms with Gasteiger partial charge in [-0.05, 0) is 33.6 Å². The molecule has 0 radical (unpaired) electrons. The molecule has 0 spiro atoms. The largest absolute Gasteiger partial charge is 0.480 e. The van der Waals surface area contributed by atoms with Gasteiger partial charge in [0.2, 0.25) is 17.7 Å². The van der Waals surface area contributed by atoms with Gasteiger partial charge in [-0.3, -0.25) is 19.4 Å². The minimum atomic E-state index is -1.52. The van der Waals surface area contributed by atoms with E-state index < -0.39 is 54.0 Å². The molecule has 5 atom stereocenters. The minimum Gasteiger partial charge on any atom is -0.480 e. The Bertz CT molecular complexity index is 621. The number of carboxylic acids is 1. The Morgan fingerprint density at radius 1 is 0.931 bits per heavy atom. The summed E-state index contributed by atoms with van der Waals surface area (Å²) in [6.07, 6.45) is -0.560. The zero-order valence-corrected chi connectivity index (χ0v) is 16.7. The summed E-state index contributed by atoms with van der Waals surface area (Å²) in [4.78, 5) is 51.0. The number of aliphatic hydroxyl groups excluding tert-OH is 1. The monoisotopic (exact) mass is 417 g/mol. The van der Waals surface area contributed by atoms with Gasteiger partial charge in [0.15, 0.2) is 12.0 Å². The molecule has 0 aliphatic heterocycles. The highest BCUT2D eigenvalue weighted by atomic mass is 16.4. The van der Waals surface area contributed by atoms with Crippen LogP contribution in [0.1, 0.15) is 33.6 Å². The third-order valence-corrected chi connectivity index (χ3v) is 3.85. The van der Waals surface area contributed by atoms with E-state index in [1.807, 2.05) is 0 Å². The van der Waals surface area contributed by atoms with Gasteiger partial charge in [0.1, 0.15) is 12.1 Å². The van der Waals surface area contributed by atoms with Crippen LogP contribution in [0.3, 0.4) is 0 Å². The normalized spacial score (nSPS) is 15.8. The van der Waals surface area contributed by atoms with Crippen molar-refractivity contribution in [2.45, 2.75) is 63.9 Å². The van der Waals surface area contributed by atoms with Crippen molar-refractivity contribution in [2.24, 2.45) is 22.2 Å². The molecule has 0 aromatic rings. The number of aliphatic carboxylic acids is 1. The Labute approximate surface area is 168 Å². The topological polar surface area (TPSA) is 235 Å². The molecular weight excluding hydrogens is 386 g/mol. The molecule has 0 aliphatic carbocycles. The van der Waals surface area contributed by atoms with Gasteiger partial charge in [0.05, 0.1) is 12.1 Å². The Hall–Kier alpha value is -2.93. The van der Waals surface area contributed by atoms with Crippen LogP contribution in [0.5, 0.6) is 0 Å². The number of nitrogens with two attached hydrogens (primary N) is 3. The summed E-state index contributed by atoms with van der Waals surface area (Å²) in [5.41, 5.74) is 16.1. The fourth-order valence-corrected chi connectivity index (χ4v) is 2.11. The number of nitrogens with one attached hydrogen (secondary N) is 3. The van der Waals surface area contributed by atoms with Crippen molar-refractivity contribution in [3.8, 4) is 0 Å². The van der Waals surface area contributed by atoms with Crippen molar-refractivity contribution in [3.63, 3.8) is 0 Å². The quantitative estimate of drug-likeness (QED) is 0.0885. The van der Waals surface area contributed by atoms with Gasteiger partial charge >= 0.3 is 5.97 Å². The lowest BCUT2D eigenvalue weighted by atomic mass is 10.1. The predicted octanol–water partition coefficient (Wildman–Crippen LogP) is -3.67. The van der Waals surface area contributed by atoms with Gasteiger partial charge in [0.25, 0.3) is 0 Å². The maximum atomic E-state index is 12.1. The Morgan fingerprint density at radius 2 is 1.41 bits per heavy atom. The fraction of sp³-hybridized carbons (Fsp3) is 0.688. The van der Waals surface area contributed by atoms with Crippen LogP contribution in [0.2, 0.25) is 0 Å². The number of aliphatic imine (C=N–C) groups is 1. The number of carboxylic acid groups (broad SMARTS) is 1. The first-order valence-corrected chi connectivity index (χ1v) is 8.99. The molecular formula is C16H31N7O6. The molecule has 13 heteroatoms. The smallest absolute Gasteiger partial charge is 0.328 e. The van der Waals surface area contributed by atoms with E-state index in [0.29, 0.717) is 19.4 Å². The van der Waals surface area contributed by atoms with E-state index in [0.717, 1.165) is 0 Å². The summed E-state index contributed by atoms with van der Waals surface area (Å²) in [6, 6.07) is -4.48. The molecule has 0 aliphatic rings. The zero-order valence-electron chi connectivity index (χ0n) is 16.7. The van der Waals surface area contributed by atoms with Gasteiger partial charge in [-0.25, -0.2) is 4.79 Å². The Balaban J connectivity index is 4.53. The molecule has 5 unspecified atom stereocenters. The number of nitrogens with zero attached hydrogens (tertiary/aromatic N) is 1. The maximum Gasteiger partial charge on any atom is 0.328 e. The number of carbonyl (C=O) groups is 4. The standard InChI is InChI=1S/C16H31N7O6/c1-7(22-14(27)10(17)5-4-6-20-16(18)19)12(25)21-8(2)13(26)23-11(9(3)24)15(28)29/h7-11,24H,4-6,17H2,1-3H3,(H,21,25)(H,22,27)(H,23,26)(H,28,29)(H4,18,19,20). The molecule has 0 bridgehead atoms. The van der Waals surface area contributed by atoms with E-state index in [1.54, 1.807) is 0 Å². The van der Waals surface area contributed by atoms with E-state index >= 15 is 0 Å². The van der Waals surface area contributed by atoms with E-state index in [4.69, 9.17) is 22.3 Å². The second-order valence-electron chi connectivity index (χ2n) is 6.58. The molecule has 0 aromatic carbocycles. The lowest BCUT2D eigenvalue weighted by Crippen LogP contribution is -2.56. The highest BCUT2D eigenvalue weighted by Gasteiger charge is 2.28. The summed E-state index contributed by atoms with van der Waals surface area (Å²) in [6.45, 7) is 4.26. The second kappa shape index (κ2) is 12.5. The number of rotatable bonds is 12. The average Bonchev–Trinajstić information content (AvgIpc) is 2.61. The summed E-state index contributed by atoms with van der Waals surface area (Å²) in [5, 5.41) is 25.2. The molecule has 29 heavy (non-hydrogen) atoms. The molecule has 0 fully saturated rings. The van der Waals surface area contributed by atoms with Gasteiger partial charge < -0.3 is 43.4 Å². The molecule has 3 amide bonds. The average molecular weight is 417 g/mol. The van der Waals surface area contributed by atoms with Crippen molar-refractivity contribution >= 4 is 29.7 Å². The van der Waals surface area contributed by atoms with Crippen LogP contribution in [0, 0.1) is 0 Å². The first-order chi connectivity index (χ1) is 13.4. The van der Waals surface area contributed by atoms with Crippen molar-refractivity contribution in [1.29, 1.82) is 0 Å². The predicted molar refractivity (Wildman–Crippen MR) is 104 cm³/mol. The third-order valence-electron chi connectivity index (χ3n) is 3.85.